The molecule has 0 atom stereocenters. The lowest BCUT2D eigenvalue weighted by molar-refractivity contribution is -0.207. The van der Waals surface area contributed by atoms with Gasteiger partial charge in [0.1, 0.15) is 18.8 Å². The highest BCUT2D eigenvalue weighted by atomic mass is 16.7. The molecule has 1 fully saturated rings. The Bertz CT molecular complexity index is 335. The fourth-order valence-electron chi connectivity index (χ4n) is 1.40. The highest BCUT2D eigenvalue weighted by Gasteiger charge is 2.33. The zero-order chi connectivity index (χ0) is 13.8. The Labute approximate surface area is 105 Å². The highest BCUT2D eigenvalue weighted by Crippen LogP contribution is 2.16. The second kappa shape index (κ2) is 5.92. The normalized spacial score (nSPS) is 16.3. The van der Waals surface area contributed by atoms with Crippen LogP contribution < -0.4 is 0 Å². The van der Waals surface area contributed by atoms with E-state index in [1.54, 1.807) is 13.8 Å². The Morgan fingerprint density at radius 3 is 2.33 bits per heavy atom. The Balaban J connectivity index is 2.43. The van der Waals surface area contributed by atoms with E-state index in [2.05, 4.69) is 4.74 Å². The van der Waals surface area contributed by atoms with E-state index in [0.717, 1.165) is 5.06 Å². The van der Waals surface area contributed by atoms with Crippen molar-refractivity contribution in [1.82, 2.24) is 5.06 Å². The van der Waals surface area contributed by atoms with Crippen molar-refractivity contribution in [2.45, 2.75) is 32.3 Å². The molecule has 2 amide bonds. The summed E-state index contributed by atoms with van der Waals surface area (Å²) in [6.07, 6.45) is 0.311. The number of hydrogen-bond acceptors (Lipinski definition) is 6. The van der Waals surface area contributed by atoms with E-state index in [0.29, 0.717) is 0 Å². The number of amides is 2. The van der Waals surface area contributed by atoms with Gasteiger partial charge in [0, 0.05) is 20.0 Å². The van der Waals surface area contributed by atoms with Crippen molar-refractivity contribution < 1.29 is 28.7 Å². The third kappa shape index (κ3) is 4.08. The van der Waals surface area contributed by atoms with E-state index >= 15 is 0 Å². The molecule has 0 unspecified atom stereocenters. The summed E-state index contributed by atoms with van der Waals surface area (Å²) in [7, 11) is 1.38. The van der Waals surface area contributed by atoms with Crippen molar-refractivity contribution in [2.24, 2.45) is 0 Å². The number of imide groups is 1. The predicted octanol–water partition coefficient (Wildman–Crippen LogP) is 0.0352. The molecule has 1 rings (SSSR count). The molecule has 0 saturated carbocycles. The second-order valence-corrected chi connectivity index (χ2v) is 4.52. The van der Waals surface area contributed by atoms with E-state index in [4.69, 9.17) is 9.57 Å². The molecule has 0 spiro atoms. The fraction of sp³-hybridized carbons (Fsp3) is 0.727. The van der Waals surface area contributed by atoms with E-state index in [-0.39, 0.29) is 37.9 Å². The van der Waals surface area contributed by atoms with Gasteiger partial charge in [-0.15, -0.1) is 0 Å². The van der Waals surface area contributed by atoms with Crippen LogP contribution in [-0.4, -0.2) is 48.8 Å². The van der Waals surface area contributed by atoms with Gasteiger partial charge in [-0.05, 0) is 13.8 Å². The summed E-state index contributed by atoms with van der Waals surface area (Å²) in [5, 5.41) is 0.728. The van der Waals surface area contributed by atoms with Gasteiger partial charge in [-0.25, -0.2) is 4.79 Å². The Hall–Kier alpha value is -1.47. The van der Waals surface area contributed by atoms with Crippen LogP contribution in [-0.2, 0) is 28.7 Å². The molecule has 1 heterocycles. The first-order valence-corrected chi connectivity index (χ1v) is 5.55. The van der Waals surface area contributed by atoms with Crippen LogP contribution in [0.1, 0.15) is 26.7 Å². The average molecular weight is 259 g/mol. The first kappa shape index (κ1) is 14.6. The summed E-state index contributed by atoms with van der Waals surface area (Å²) in [6.45, 7) is 2.99. The molecule has 7 heteroatoms. The van der Waals surface area contributed by atoms with E-state index < -0.39 is 11.6 Å². The number of hydroxylamine groups is 2. The van der Waals surface area contributed by atoms with Crippen LogP contribution in [0.15, 0.2) is 0 Å². The summed E-state index contributed by atoms with van der Waals surface area (Å²) >= 11 is 0. The van der Waals surface area contributed by atoms with Crippen molar-refractivity contribution in [3.05, 3.63) is 0 Å². The smallest absolute Gasteiger partial charge is 0.332 e. The summed E-state index contributed by atoms with van der Waals surface area (Å²) in [5.41, 5.74) is -0.946. The molecule has 0 radical (unpaired) electrons. The first-order chi connectivity index (χ1) is 8.35. The molecule has 1 saturated heterocycles. The van der Waals surface area contributed by atoms with Crippen molar-refractivity contribution in [3.63, 3.8) is 0 Å². The molecule has 102 valence electrons. The molecule has 0 N–H and O–H groups in total. The van der Waals surface area contributed by atoms with Gasteiger partial charge in [-0.2, -0.15) is 5.06 Å². The first-order valence-electron chi connectivity index (χ1n) is 5.55. The van der Waals surface area contributed by atoms with Gasteiger partial charge < -0.3 is 9.47 Å². The fourth-order valence-corrected chi connectivity index (χ4v) is 1.40. The number of rotatable bonds is 6. The molecule has 0 bridgehead atoms. The van der Waals surface area contributed by atoms with Crippen LogP contribution in [0.5, 0.6) is 0 Å². The Morgan fingerprint density at radius 2 is 1.83 bits per heavy atom. The molecule has 0 aromatic carbocycles. The lowest BCUT2D eigenvalue weighted by Gasteiger charge is -2.26. The zero-order valence-electron chi connectivity index (χ0n) is 10.7. The van der Waals surface area contributed by atoms with Crippen molar-refractivity contribution >= 4 is 17.8 Å². The van der Waals surface area contributed by atoms with Crippen LogP contribution in [0, 0.1) is 0 Å². The van der Waals surface area contributed by atoms with Gasteiger partial charge in [-0.1, -0.05) is 0 Å². The number of esters is 1. The van der Waals surface area contributed by atoms with Crippen LogP contribution in [0.4, 0.5) is 0 Å². The average Bonchev–Trinajstić information content (AvgIpc) is 2.55. The Kier molecular flexibility index (Phi) is 4.80. The number of carbonyl (C=O) groups excluding carboxylic acids is 3. The maximum Gasteiger partial charge on any atom is 0.332 e. The van der Waals surface area contributed by atoms with Gasteiger partial charge in [-0.3, -0.25) is 14.4 Å². The summed E-state index contributed by atoms with van der Waals surface area (Å²) in [4.78, 5) is 38.9. The van der Waals surface area contributed by atoms with Crippen molar-refractivity contribution in [2.75, 3.05) is 20.3 Å². The van der Waals surface area contributed by atoms with Crippen LogP contribution >= 0.6 is 0 Å². The van der Waals surface area contributed by atoms with Gasteiger partial charge in [0.2, 0.25) is 0 Å². The molecule has 0 aliphatic carbocycles. The Morgan fingerprint density at radius 1 is 1.28 bits per heavy atom. The lowest BCUT2D eigenvalue weighted by Crippen LogP contribution is -2.40. The van der Waals surface area contributed by atoms with E-state index in [9.17, 15) is 14.4 Å². The highest BCUT2D eigenvalue weighted by molar-refractivity contribution is 6.00. The molecule has 0 aromatic rings. The zero-order valence-corrected chi connectivity index (χ0v) is 10.7. The maximum atomic E-state index is 11.3. The topological polar surface area (TPSA) is 82.1 Å². The largest absolute Gasteiger partial charge is 0.455 e. The summed E-state index contributed by atoms with van der Waals surface area (Å²) in [5.74, 6) is -1.29. The molecule has 18 heavy (non-hydrogen) atoms. The maximum absolute atomic E-state index is 11.3. The minimum atomic E-state index is -0.946. The standard InChI is InChI=1S/C11H17NO6/c1-11(2,18-10(15)6-16-3)7-17-12-8(13)4-5-9(12)14/h4-7H2,1-3H3. The number of carbonyl (C=O) groups is 3. The van der Waals surface area contributed by atoms with Crippen LogP contribution in [0.25, 0.3) is 0 Å². The molecule has 1 aliphatic rings. The predicted molar refractivity (Wildman–Crippen MR) is 59.1 cm³/mol. The number of nitrogens with zero attached hydrogens (tertiary/aromatic N) is 1. The van der Waals surface area contributed by atoms with Crippen LogP contribution in [0.2, 0.25) is 0 Å². The third-order valence-corrected chi connectivity index (χ3v) is 2.20. The quantitative estimate of drug-likeness (QED) is 0.494. The third-order valence-electron chi connectivity index (χ3n) is 2.20. The van der Waals surface area contributed by atoms with Crippen LogP contribution in [0.3, 0.4) is 0 Å². The number of ether oxygens (including phenoxy) is 2. The molecule has 7 nitrogen and oxygen atoms in total. The summed E-state index contributed by atoms with van der Waals surface area (Å²) in [6, 6.07) is 0. The number of methoxy groups -OCH3 is 1. The van der Waals surface area contributed by atoms with Gasteiger partial charge in [0.25, 0.3) is 11.8 Å². The SMILES string of the molecule is COCC(=O)OC(C)(C)CON1C(=O)CCC1=O. The summed E-state index contributed by atoms with van der Waals surface area (Å²) < 4.78 is 9.70. The monoisotopic (exact) mass is 259 g/mol. The molecular weight excluding hydrogens is 242 g/mol. The molecular formula is C11H17NO6. The van der Waals surface area contributed by atoms with Gasteiger partial charge >= 0.3 is 5.97 Å². The van der Waals surface area contributed by atoms with Crippen molar-refractivity contribution in [3.8, 4) is 0 Å². The van der Waals surface area contributed by atoms with Gasteiger partial charge in [0.05, 0.1) is 0 Å². The molecule has 1 aliphatic heterocycles. The van der Waals surface area contributed by atoms with E-state index in [1.165, 1.54) is 7.11 Å². The number of hydrogen-bond donors (Lipinski definition) is 0. The minimum absolute atomic E-state index is 0.0834. The minimum Gasteiger partial charge on any atom is -0.455 e. The molecule has 0 aromatic heterocycles. The van der Waals surface area contributed by atoms with Crippen molar-refractivity contribution in [1.29, 1.82) is 0 Å². The van der Waals surface area contributed by atoms with Gasteiger partial charge in [0.15, 0.2) is 0 Å². The lowest BCUT2D eigenvalue weighted by atomic mass is 10.1. The second-order valence-electron chi connectivity index (χ2n) is 4.52. The van der Waals surface area contributed by atoms with E-state index in [1.807, 2.05) is 0 Å².